The van der Waals surface area contributed by atoms with Crippen molar-refractivity contribution in [3.8, 4) is 0 Å². The molecular formula is C15H17N3O3S. The molecule has 0 aliphatic carbocycles. The zero-order valence-corrected chi connectivity index (χ0v) is 12.9. The van der Waals surface area contributed by atoms with Crippen LogP contribution in [0.25, 0.3) is 0 Å². The fourth-order valence-corrected chi connectivity index (χ4v) is 2.37. The van der Waals surface area contributed by atoms with E-state index in [1.54, 1.807) is 43.6 Å². The van der Waals surface area contributed by atoms with E-state index in [1.807, 2.05) is 12.1 Å². The molecule has 22 heavy (non-hydrogen) atoms. The Hall–Kier alpha value is -2.41. The molecular weight excluding hydrogens is 302 g/mol. The summed E-state index contributed by atoms with van der Waals surface area (Å²) in [4.78, 5) is 15.9. The molecule has 1 amide bonds. The molecule has 116 valence electrons. The minimum Gasteiger partial charge on any atom is -0.348 e. The Kier molecular flexibility index (Phi) is 5.11. The number of hydrogen-bond acceptors (Lipinski definition) is 4. The molecule has 6 nitrogen and oxygen atoms in total. The zero-order chi connectivity index (χ0) is 16.0. The lowest BCUT2D eigenvalue weighted by molar-refractivity contribution is 0.0951. The van der Waals surface area contributed by atoms with Crippen LogP contribution < -0.4 is 10.0 Å². The smallest absolute Gasteiger partial charge is 0.251 e. The molecule has 2 rings (SSSR count). The van der Waals surface area contributed by atoms with E-state index in [9.17, 15) is 13.2 Å². The maximum Gasteiger partial charge on any atom is 0.251 e. The van der Waals surface area contributed by atoms with E-state index in [0.717, 1.165) is 5.56 Å². The van der Waals surface area contributed by atoms with Gasteiger partial charge in [-0.25, -0.2) is 8.42 Å². The highest BCUT2D eigenvalue weighted by molar-refractivity contribution is 7.92. The van der Waals surface area contributed by atoms with Crippen LogP contribution in [0.2, 0.25) is 0 Å². The van der Waals surface area contributed by atoms with Gasteiger partial charge >= 0.3 is 0 Å². The maximum absolute atomic E-state index is 12.0. The normalized spacial score (nSPS) is 11.0. The van der Waals surface area contributed by atoms with Gasteiger partial charge in [0.05, 0.1) is 5.75 Å². The Morgan fingerprint density at radius 3 is 2.32 bits per heavy atom. The predicted molar refractivity (Wildman–Crippen MR) is 84.9 cm³/mol. The summed E-state index contributed by atoms with van der Waals surface area (Å²) in [5.74, 6) is -0.219. The molecule has 0 radical (unpaired) electrons. The Bertz CT molecular complexity index is 728. The zero-order valence-electron chi connectivity index (χ0n) is 12.1. The lowest BCUT2D eigenvalue weighted by atomic mass is 10.2. The third kappa shape index (κ3) is 4.56. The van der Waals surface area contributed by atoms with E-state index in [1.165, 1.54) is 0 Å². The Balaban J connectivity index is 1.96. The van der Waals surface area contributed by atoms with Crippen molar-refractivity contribution in [3.63, 3.8) is 0 Å². The van der Waals surface area contributed by atoms with Gasteiger partial charge in [0.25, 0.3) is 5.91 Å². The second-order valence-electron chi connectivity index (χ2n) is 4.62. The molecule has 1 heterocycles. The number of carbonyl (C=O) groups excluding carboxylic acids is 1. The Labute approximate surface area is 129 Å². The molecule has 0 atom stereocenters. The molecule has 0 spiro atoms. The summed E-state index contributed by atoms with van der Waals surface area (Å²) < 4.78 is 25.3. The van der Waals surface area contributed by atoms with Crippen LogP contribution in [-0.2, 0) is 16.6 Å². The van der Waals surface area contributed by atoms with E-state index >= 15 is 0 Å². The Morgan fingerprint density at radius 2 is 1.73 bits per heavy atom. The van der Waals surface area contributed by atoms with Crippen molar-refractivity contribution in [3.05, 3.63) is 59.9 Å². The average molecular weight is 319 g/mol. The number of sulfonamides is 1. The van der Waals surface area contributed by atoms with Crippen LogP contribution in [0.3, 0.4) is 0 Å². The molecule has 1 aromatic heterocycles. The van der Waals surface area contributed by atoms with Gasteiger partial charge in [-0.1, -0.05) is 0 Å². The molecule has 1 aromatic carbocycles. The molecule has 0 fully saturated rings. The van der Waals surface area contributed by atoms with E-state index in [0.29, 0.717) is 17.8 Å². The first-order chi connectivity index (χ1) is 10.5. The van der Waals surface area contributed by atoms with Crippen LogP contribution >= 0.6 is 0 Å². The number of rotatable bonds is 6. The number of carbonyl (C=O) groups is 1. The highest BCUT2D eigenvalue weighted by Gasteiger charge is 2.08. The van der Waals surface area contributed by atoms with Crippen molar-refractivity contribution in [1.29, 1.82) is 0 Å². The third-order valence-electron chi connectivity index (χ3n) is 3.00. The van der Waals surface area contributed by atoms with Crippen LogP contribution in [0.15, 0.2) is 48.8 Å². The first kappa shape index (κ1) is 16.0. The lowest BCUT2D eigenvalue weighted by Gasteiger charge is -2.08. The molecule has 0 unspecified atom stereocenters. The summed E-state index contributed by atoms with van der Waals surface area (Å²) >= 11 is 0. The number of hydrogen-bond donors (Lipinski definition) is 2. The Morgan fingerprint density at radius 1 is 1.09 bits per heavy atom. The van der Waals surface area contributed by atoms with E-state index in [-0.39, 0.29) is 11.7 Å². The summed E-state index contributed by atoms with van der Waals surface area (Å²) in [6.07, 6.45) is 3.33. The number of amides is 1. The van der Waals surface area contributed by atoms with E-state index in [2.05, 4.69) is 15.0 Å². The fraction of sp³-hybridized carbons (Fsp3) is 0.200. The molecule has 2 aromatic rings. The number of pyridine rings is 1. The number of anilines is 1. The van der Waals surface area contributed by atoms with Crippen LogP contribution in [0.5, 0.6) is 0 Å². The summed E-state index contributed by atoms with van der Waals surface area (Å²) in [7, 11) is -3.31. The molecule has 7 heteroatoms. The summed E-state index contributed by atoms with van der Waals surface area (Å²) in [5, 5.41) is 2.79. The van der Waals surface area contributed by atoms with Crippen LogP contribution in [0.1, 0.15) is 22.8 Å². The molecule has 0 bridgehead atoms. The van der Waals surface area contributed by atoms with Crippen molar-refractivity contribution >= 4 is 21.6 Å². The minimum absolute atomic E-state index is 0.00116. The number of aromatic nitrogens is 1. The highest BCUT2D eigenvalue weighted by atomic mass is 32.2. The van der Waals surface area contributed by atoms with Crippen molar-refractivity contribution in [2.24, 2.45) is 0 Å². The van der Waals surface area contributed by atoms with Gasteiger partial charge in [0.15, 0.2) is 0 Å². The SMILES string of the molecule is CCS(=O)(=O)Nc1ccc(C(=O)NCc2ccncc2)cc1. The quantitative estimate of drug-likeness (QED) is 0.849. The second-order valence-corrected chi connectivity index (χ2v) is 6.63. The lowest BCUT2D eigenvalue weighted by Crippen LogP contribution is -2.22. The number of nitrogens with zero attached hydrogens (tertiary/aromatic N) is 1. The van der Waals surface area contributed by atoms with Crippen molar-refractivity contribution in [2.75, 3.05) is 10.5 Å². The summed E-state index contributed by atoms with van der Waals surface area (Å²) in [5.41, 5.74) is 1.86. The third-order valence-corrected chi connectivity index (χ3v) is 4.31. The first-order valence-corrected chi connectivity index (χ1v) is 8.43. The van der Waals surface area contributed by atoms with Gasteiger partial charge in [-0.15, -0.1) is 0 Å². The van der Waals surface area contributed by atoms with Gasteiger partial charge in [0, 0.05) is 30.2 Å². The van der Waals surface area contributed by atoms with Gasteiger partial charge in [0.1, 0.15) is 0 Å². The fourth-order valence-electron chi connectivity index (χ4n) is 1.73. The van der Waals surface area contributed by atoms with Crippen molar-refractivity contribution in [1.82, 2.24) is 10.3 Å². The van der Waals surface area contributed by atoms with Crippen molar-refractivity contribution in [2.45, 2.75) is 13.5 Å². The monoisotopic (exact) mass is 319 g/mol. The van der Waals surface area contributed by atoms with Gasteiger partial charge in [-0.05, 0) is 48.9 Å². The van der Waals surface area contributed by atoms with Gasteiger partial charge < -0.3 is 5.32 Å². The maximum atomic E-state index is 12.0. The van der Waals surface area contributed by atoms with Crippen LogP contribution in [0.4, 0.5) is 5.69 Å². The van der Waals surface area contributed by atoms with Gasteiger partial charge in [0.2, 0.25) is 10.0 Å². The largest absolute Gasteiger partial charge is 0.348 e. The molecule has 0 aliphatic heterocycles. The predicted octanol–water partition coefficient (Wildman–Crippen LogP) is 1.77. The van der Waals surface area contributed by atoms with Gasteiger partial charge in [-0.3, -0.25) is 14.5 Å². The standard InChI is InChI=1S/C15H17N3O3S/c1-2-22(20,21)18-14-5-3-13(4-6-14)15(19)17-11-12-7-9-16-10-8-12/h3-10,18H,2,11H2,1H3,(H,17,19). The van der Waals surface area contributed by atoms with Crippen molar-refractivity contribution < 1.29 is 13.2 Å². The topological polar surface area (TPSA) is 88.2 Å². The van der Waals surface area contributed by atoms with E-state index < -0.39 is 10.0 Å². The minimum atomic E-state index is -3.31. The average Bonchev–Trinajstić information content (AvgIpc) is 2.54. The second kappa shape index (κ2) is 7.04. The van der Waals surface area contributed by atoms with Crippen LogP contribution in [0, 0.1) is 0 Å². The first-order valence-electron chi connectivity index (χ1n) is 6.78. The van der Waals surface area contributed by atoms with Crippen LogP contribution in [-0.4, -0.2) is 25.1 Å². The molecule has 0 aliphatic rings. The summed E-state index contributed by atoms with van der Waals surface area (Å²) in [6.45, 7) is 1.97. The molecule has 0 saturated carbocycles. The number of nitrogens with one attached hydrogen (secondary N) is 2. The number of benzene rings is 1. The van der Waals surface area contributed by atoms with Gasteiger partial charge in [-0.2, -0.15) is 0 Å². The highest BCUT2D eigenvalue weighted by Crippen LogP contribution is 2.11. The molecule has 2 N–H and O–H groups in total. The van der Waals surface area contributed by atoms with E-state index in [4.69, 9.17) is 0 Å². The summed E-state index contributed by atoms with van der Waals surface area (Å²) in [6, 6.07) is 9.93. The molecule has 0 saturated heterocycles.